The fourth-order valence-electron chi connectivity index (χ4n) is 3.17. The van der Waals surface area contributed by atoms with Crippen LogP contribution in [0.2, 0.25) is 0 Å². The van der Waals surface area contributed by atoms with Gasteiger partial charge in [0.25, 0.3) is 5.69 Å². The maximum atomic E-state index is 12.8. The quantitative estimate of drug-likeness (QED) is 0.441. The van der Waals surface area contributed by atoms with Crippen LogP contribution in [-0.2, 0) is 16.6 Å². The highest BCUT2D eigenvalue weighted by atomic mass is 32.2. The third-order valence-electron chi connectivity index (χ3n) is 4.73. The summed E-state index contributed by atoms with van der Waals surface area (Å²) >= 11 is 0. The molecule has 0 bridgehead atoms. The highest BCUT2D eigenvalue weighted by Crippen LogP contribution is 2.23. The summed E-state index contributed by atoms with van der Waals surface area (Å²) in [6.07, 6.45) is 1.56. The van der Waals surface area contributed by atoms with Gasteiger partial charge in [-0.2, -0.15) is 4.31 Å². The van der Waals surface area contributed by atoms with Crippen molar-refractivity contribution in [3.05, 3.63) is 64.5 Å². The molecule has 3 aromatic rings. The molecule has 0 aliphatic carbocycles. The summed E-state index contributed by atoms with van der Waals surface area (Å²) in [5.74, 6) is 1.15. The second-order valence-electron chi connectivity index (χ2n) is 6.59. The van der Waals surface area contributed by atoms with E-state index < -0.39 is 14.9 Å². The lowest BCUT2D eigenvalue weighted by Gasteiger charge is -2.33. The van der Waals surface area contributed by atoms with Crippen molar-refractivity contribution in [1.29, 1.82) is 0 Å². The van der Waals surface area contributed by atoms with Gasteiger partial charge in [-0.25, -0.2) is 8.42 Å². The molecular weight excluding hydrogens is 400 g/mol. The lowest BCUT2D eigenvalue weighted by atomic mass is 10.3. The number of rotatable bonds is 6. The first kappa shape index (κ1) is 19.3. The molecule has 1 fully saturated rings. The van der Waals surface area contributed by atoms with Crippen molar-refractivity contribution in [2.45, 2.75) is 11.4 Å². The van der Waals surface area contributed by atoms with Gasteiger partial charge in [0.1, 0.15) is 0 Å². The Hall–Kier alpha value is -3.02. The maximum Gasteiger partial charge on any atom is 0.269 e. The molecule has 0 saturated carbocycles. The summed E-state index contributed by atoms with van der Waals surface area (Å²) in [5, 5.41) is 14.8. The van der Waals surface area contributed by atoms with Gasteiger partial charge in [0, 0.05) is 50.9 Å². The number of nitro groups is 1. The predicted molar refractivity (Wildman–Crippen MR) is 101 cm³/mol. The summed E-state index contributed by atoms with van der Waals surface area (Å²) in [7, 11) is -3.69. The van der Waals surface area contributed by atoms with Gasteiger partial charge in [0.05, 0.1) is 21.8 Å². The first-order valence-corrected chi connectivity index (χ1v) is 10.3. The number of sulfonamides is 1. The van der Waals surface area contributed by atoms with Gasteiger partial charge in [-0.05, 0) is 24.3 Å². The Labute approximate surface area is 166 Å². The number of aromatic nitrogens is 1. The van der Waals surface area contributed by atoms with Gasteiger partial charge < -0.3 is 8.94 Å². The van der Waals surface area contributed by atoms with Crippen LogP contribution in [0.1, 0.15) is 5.69 Å². The van der Waals surface area contributed by atoms with E-state index in [9.17, 15) is 18.5 Å². The largest absolute Gasteiger partial charge is 0.461 e. The number of non-ortho nitro benzene ring substituents is 1. The van der Waals surface area contributed by atoms with E-state index in [4.69, 9.17) is 8.94 Å². The molecule has 11 heteroatoms. The van der Waals surface area contributed by atoms with Crippen molar-refractivity contribution >= 4 is 15.7 Å². The number of hydrogen-bond acceptors (Lipinski definition) is 8. The zero-order valence-electron chi connectivity index (χ0n) is 15.3. The standard InChI is InChI=1S/C18H18N4O6S/c23-22(24)15-3-5-16(6-4-15)29(25,26)21-9-7-20(8-10-21)13-14-12-18(28-19-14)17-2-1-11-27-17/h1-6,11-12H,7-10,13H2. The van der Waals surface area contributed by atoms with Crippen LogP contribution >= 0.6 is 0 Å². The molecule has 0 atom stereocenters. The lowest BCUT2D eigenvalue weighted by Crippen LogP contribution is -2.48. The first-order chi connectivity index (χ1) is 13.9. The van der Waals surface area contributed by atoms with E-state index in [0.717, 1.165) is 5.69 Å². The number of furan rings is 1. The van der Waals surface area contributed by atoms with Crippen molar-refractivity contribution in [2.75, 3.05) is 26.2 Å². The summed E-state index contributed by atoms with van der Waals surface area (Å²) < 4.78 is 37.5. The topological polar surface area (TPSA) is 123 Å². The van der Waals surface area contributed by atoms with E-state index in [1.54, 1.807) is 24.5 Å². The Morgan fingerprint density at radius 3 is 2.41 bits per heavy atom. The molecule has 1 aromatic carbocycles. The van der Waals surface area contributed by atoms with Crippen LogP contribution in [-0.4, -0.2) is 53.9 Å². The van der Waals surface area contributed by atoms with Crippen molar-refractivity contribution in [3.63, 3.8) is 0 Å². The Morgan fingerprint density at radius 1 is 1.07 bits per heavy atom. The van der Waals surface area contributed by atoms with Crippen LogP contribution in [0.5, 0.6) is 0 Å². The number of benzene rings is 1. The van der Waals surface area contributed by atoms with E-state index in [1.165, 1.54) is 28.6 Å². The van der Waals surface area contributed by atoms with Gasteiger partial charge in [-0.1, -0.05) is 5.16 Å². The average Bonchev–Trinajstić information content (AvgIpc) is 3.40. The normalized spacial score (nSPS) is 16.1. The van der Waals surface area contributed by atoms with E-state index >= 15 is 0 Å². The third kappa shape index (κ3) is 4.06. The molecule has 0 radical (unpaired) electrons. The van der Waals surface area contributed by atoms with Crippen LogP contribution in [0.15, 0.2) is 62.6 Å². The van der Waals surface area contributed by atoms with Crippen molar-refractivity contribution in [3.8, 4) is 11.5 Å². The minimum absolute atomic E-state index is 0.0520. The van der Waals surface area contributed by atoms with Gasteiger partial charge in [-0.3, -0.25) is 15.0 Å². The molecule has 0 amide bonds. The zero-order valence-corrected chi connectivity index (χ0v) is 16.1. The molecule has 29 heavy (non-hydrogen) atoms. The van der Waals surface area contributed by atoms with Crippen LogP contribution in [0.3, 0.4) is 0 Å². The third-order valence-corrected chi connectivity index (χ3v) is 6.64. The molecule has 152 valence electrons. The average molecular weight is 418 g/mol. The highest BCUT2D eigenvalue weighted by molar-refractivity contribution is 7.89. The summed E-state index contributed by atoms with van der Waals surface area (Å²) in [6.45, 7) is 2.25. The molecule has 1 aliphatic heterocycles. The molecule has 3 heterocycles. The Kier molecular flexibility index (Phi) is 5.18. The Morgan fingerprint density at radius 2 is 1.79 bits per heavy atom. The van der Waals surface area contributed by atoms with Crippen LogP contribution in [0, 0.1) is 10.1 Å². The second kappa shape index (κ2) is 7.78. The van der Waals surface area contributed by atoms with Gasteiger partial charge in [-0.15, -0.1) is 0 Å². The summed E-state index contributed by atoms with van der Waals surface area (Å²) in [6, 6.07) is 10.3. The zero-order chi connectivity index (χ0) is 20.4. The van der Waals surface area contributed by atoms with Crippen molar-refractivity contribution in [1.82, 2.24) is 14.4 Å². The monoisotopic (exact) mass is 418 g/mol. The molecule has 1 saturated heterocycles. The Bertz CT molecular complexity index is 1080. The molecule has 2 aromatic heterocycles. The second-order valence-corrected chi connectivity index (χ2v) is 8.53. The minimum atomic E-state index is -3.69. The molecule has 4 rings (SSSR count). The highest BCUT2D eigenvalue weighted by Gasteiger charge is 2.29. The van der Waals surface area contributed by atoms with E-state index in [2.05, 4.69) is 10.1 Å². The fourth-order valence-corrected chi connectivity index (χ4v) is 4.59. The fraction of sp³-hybridized carbons (Fsp3) is 0.278. The number of hydrogen-bond donors (Lipinski definition) is 0. The maximum absolute atomic E-state index is 12.8. The molecule has 1 aliphatic rings. The SMILES string of the molecule is O=[N+]([O-])c1ccc(S(=O)(=O)N2CCN(Cc3cc(-c4ccco4)on3)CC2)cc1. The lowest BCUT2D eigenvalue weighted by molar-refractivity contribution is -0.384. The van der Waals surface area contributed by atoms with Gasteiger partial charge in [0.2, 0.25) is 15.8 Å². The van der Waals surface area contributed by atoms with Crippen LogP contribution < -0.4 is 0 Å². The van der Waals surface area contributed by atoms with Gasteiger partial charge >= 0.3 is 0 Å². The van der Waals surface area contributed by atoms with E-state index in [0.29, 0.717) is 44.2 Å². The number of nitrogens with zero attached hydrogens (tertiary/aromatic N) is 4. The molecule has 0 unspecified atom stereocenters. The molecule has 0 N–H and O–H groups in total. The first-order valence-electron chi connectivity index (χ1n) is 8.90. The molecule has 10 nitrogen and oxygen atoms in total. The van der Waals surface area contributed by atoms with Gasteiger partial charge in [0.15, 0.2) is 5.76 Å². The van der Waals surface area contributed by atoms with Crippen molar-refractivity contribution < 1.29 is 22.3 Å². The van der Waals surface area contributed by atoms with Crippen LogP contribution in [0.25, 0.3) is 11.5 Å². The molecule has 0 spiro atoms. The Balaban J connectivity index is 1.37. The predicted octanol–water partition coefficient (Wildman–Crippen LogP) is 2.35. The smallest absolute Gasteiger partial charge is 0.269 e. The summed E-state index contributed by atoms with van der Waals surface area (Å²) in [4.78, 5) is 12.3. The van der Waals surface area contributed by atoms with E-state index in [1.807, 2.05) is 0 Å². The summed E-state index contributed by atoms with van der Waals surface area (Å²) in [5.41, 5.74) is 0.596. The van der Waals surface area contributed by atoms with E-state index in [-0.39, 0.29) is 10.6 Å². The van der Waals surface area contributed by atoms with Crippen molar-refractivity contribution in [2.24, 2.45) is 0 Å². The molecular formula is C18H18N4O6S. The van der Waals surface area contributed by atoms with Crippen LogP contribution in [0.4, 0.5) is 5.69 Å². The minimum Gasteiger partial charge on any atom is -0.461 e. The number of nitro benzene ring substituents is 1. The number of piperazine rings is 1.